The molecule has 0 fully saturated rings. The third-order valence-electron chi connectivity index (χ3n) is 3.60. The van der Waals surface area contributed by atoms with Crippen LogP contribution >= 0.6 is 11.6 Å². The van der Waals surface area contributed by atoms with Gasteiger partial charge in [-0.25, -0.2) is 13.2 Å². The standard InChI is InChI=1S/C14H16ClN3O4S/c1-8-5-6-10(7-11(8)15)16-23(21,22)12-9(2)17(3)14(20)18(4)13(12)19/h5-7,16H,1-4H3. The van der Waals surface area contributed by atoms with Gasteiger partial charge in [0.2, 0.25) is 0 Å². The fourth-order valence-corrected chi connectivity index (χ4v) is 3.70. The molecule has 0 aliphatic carbocycles. The number of nitrogens with zero attached hydrogens (tertiary/aromatic N) is 2. The molecule has 0 unspecified atom stereocenters. The van der Waals surface area contributed by atoms with Gasteiger partial charge in [0, 0.05) is 24.8 Å². The van der Waals surface area contributed by atoms with Crippen LogP contribution in [0.2, 0.25) is 5.02 Å². The monoisotopic (exact) mass is 357 g/mol. The zero-order valence-electron chi connectivity index (χ0n) is 13.0. The highest BCUT2D eigenvalue weighted by Gasteiger charge is 2.25. The van der Waals surface area contributed by atoms with E-state index in [1.807, 2.05) is 0 Å². The fourth-order valence-electron chi connectivity index (χ4n) is 2.09. The van der Waals surface area contributed by atoms with Crippen LogP contribution in [0.5, 0.6) is 0 Å². The lowest BCUT2D eigenvalue weighted by molar-refractivity contribution is 0.583. The average molecular weight is 358 g/mol. The van der Waals surface area contributed by atoms with E-state index in [0.717, 1.165) is 14.7 Å². The van der Waals surface area contributed by atoms with Crippen molar-refractivity contribution in [2.45, 2.75) is 18.7 Å². The molecule has 0 spiro atoms. The van der Waals surface area contributed by atoms with Crippen molar-refractivity contribution in [3.63, 3.8) is 0 Å². The van der Waals surface area contributed by atoms with Gasteiger partial charge in [0.25, 0.3) is 15.6 Å². The normalized spacial score (nSPS) is 11.5. The van der Waals surface area contributed by atoms with Gasteiger partial charge in [0.05, 0.1) is 5.69 Å². The molecule has 0 aliphatic heterocycles. The van der Waals surface area contributed by atoms with E-state index in [2.05, 4.69) is 4.72 Å². The summed E-state index contributed by atoms with van der Waals surface area (Å²) in [4.78, 5) is 23.6. The van der Waals surface area contributed by atoms with Crippen LogP contribution in [0.1, 0.15) is 11.3 Å². The first-order chi connectivity index (χ1) is 10.6. The van der Waals surface area contributed by atoms with Gasteiger partial charge in [-0.15, -0.1) is 0 Å². The van der Waals surface area contributed by atoms with Crippen molar-refractivity contribution in [3.8, 4) is 0 Å². The molecule has 2 rings (SSSR count). The van der Waals surface area contributed by atoms with Gasteiger partial charge in [-0.2, -0.15) is 0 Å². The van der Waals surface area contributed by atoms with E-state index in [1.54, 1.807) is 19.1 Å². The van der Waals surface area contributed by atoms with Crippen LogP contribution in [0.15, 0.2) is 32.7 Å². The second-order valence-corrected chi connectivity index (χ2v) is 7.22. The second-order valence-electron chi connectivity index (χ2n) is 5.19. The molecule has 0 aliphatic rings. The maximum atomic E-state index is 12.6. The van der Waals surface area contributed by atoms with E-state index in [1.165, 1.54) is 27.1 Å². The van der Waals surface area contributed by atoms with Crippen LogP contribution in [-0.2, 0) is 24.1 Å². The number of benzene rings is 1. The molecule has 0 atom stereocenters. The van der Waals surface area contributed by atoms with Crippen molar-refractivity contribution >= 4 is 27.3 Å². The topological polar surface area (TPSA) is 90.2 Å². The molecule has 9 heteroatoms. The van der Waals surface area contributed by atoms with Crippen LogP contribution in [0.4, 0.5) is 5.69 Å². The summed E-state index contributed by atoms with van der Waals surface area (Å²) in [6, 6.07) is 4.66. The van der Waals surface area contributed by atoms with Crippen LogP contribution in [0.3, 0.4) is 0 Å². The van der Waals surface area contributed by atoms with Crippen LogP contribution in [0, 0.1) is 13.8 Å². The Morgan fingerprint density at radius 1 is 1.09 bits per heavy atom. The Morgan fingerprint density at radius 3 is 2.26 bits per heavy atom. The number of sulfonamides is 1. The van der Waals surface area contributed by atoms with Crippen molar-refractivity contribution in [1.82, 2.24) is 9.13 Å². The predicted octanol–water partition coefficient (Wildman–Crippen LogP) is 1.16. The lowest BCUT2D eigenvalue weighted by Gasteiger charge is -2.14. The summed E-state index contributed by atoms with van der Waals surface area (Å²) in [6.07, 6.45) is 0. The Kier molecular flexibility index (Phi) is 4.41. The largest absolute Gasteiger partial charge is 0.330 e. The highest BCUT2D eigenvalue weighted by atomic mass is 35.5. The first-order valence-corrected chi connectivity index (χ1v) is 8.48. The summed E-state index contributed by atoms with van der Waals surface area (Å²) >= 11 is 5.98. The maximum absolute atomic E-state index is 12.6. The highest BCUT2D eigenvalue weighted by molar-refractivity contribution is 7.92. The fraction of sp³-hybridized carbons (Fsp3) is 0.286. The Hall–Kier alpha value is -2.06. The van der Waals surface area contributed by atoms with E-state index in [0.29, 0.717) is 5.02 Å². The van der Waals surface area contributed by atoms with Crippen molar-refractivity contribution in [2.75, 3.05) is 4.72 Å². The number of hydrogen-bond acceptors (Lipinski definition) is 4. The molecule has 7 nitrogen and oxygen atoms in total. The van der Waals surface area contributed by atoms with Crippen LogP contribution in [-0.4, -0.2) is 17.6 Å². The summed E-state index contributed by atoms with van der Waals surface area (Å²) in [7, 11) is -1.54. The minimum atomic E-state index is -4.17. The van der Waals surface area contributed by atoms with Crippen molar-refractivity contribution in [2.24, 2.45) is 14.1 Å². The molecule has 1 aromatic heterocycles. The summed E-state index contributed by atoms with van der Waals surface area (Å²) < 4.78 is 29.3. The minimum Gasteiger partial charge on any atom is -0.300 e. The predicted molar refractivity (Wildman–Crippen MR) is 88.7 cm³/mol. The van der Waals surface area contributed by atoms with Crippen molar-refractivity contribution < 1.29 is 8.42 Å². The van der Waals surface area contributed by atoms with Crippen LogP contribution in [0.25, 0.3) is 0 Å². The lowest BCUT2D eigenvalue weighted by atomic mass is 10.2. The van der Waals surface area contributed by atoms with Gasteiger partial charge in [-0.1, -0.05) is 17.7 Å². The quantitative estimate of drug-likeness (QED) is 0.892. The SMILES string of the molecule is Cc1ccc(NS(=O)(=O)c2c(C)n(C)c(=O)n(C)c2=O)cc1Cl. The van der Waals surface area contributed by atoms with Crippen LogP contribution < -0.4 is 16.0 Å². The zero-order chi connectivity index (χ0) is 17.5. The first-order valence-electron chi connectivity index (χ1n) is 6.62. The van der Waals surface area contributed by atoms with Crippen molar-refractivity contribution in [3.05, 3.63) is 55.3 Å². The molecule has 23 heavy (non-hydrogen) atoms. The molecule has 0 amide bonds. The minimum absolute atomic E-state index is 0.0591. The van der Waals surface area contributed by atoms with Gasteiger partial charge >= 0.3 is 5.69 Å². The van der Waals surface area contributed by atoms with Gasteiger partial charge < -0.3 is 0 Å². The second kappa shape index (κ2) is 5.86. The molecule has 0 saturated heterocycles. The number of anilines is 1. The third kappa shape index (κ3) is 3.04. The Bertz CT molecular complexity index is 1010. The number of aryl methyl sites for hydroxylation is 1. The van der Waals surface area contributed by atoms with E-state index < -0.39 is 26.2 Å². The molecule has 1 aromatic carbocycles. The molecule has 0 saturated carbocycles. The highest BCUT2D eigenvalue weighted by Crippen LogP contribution is 2.22. The van der Waals surface area contributed by atoms with Gasteiger partial charge in [0.1, 0.15) is 0 Å². The maximum Gasteiger partial charge on any atom is 0.330 e. The zero-order valence-corrected chi connectivity index (χ0v) is 14.6. The Morgan fingerprint density at radius 2 is 1.70 bits per heavy atom. The molecule has 1 heterocycles. The summed E-state index contributed by atoms with van der Waals surface area (Å²) in [5.74, 6) is 0. The van der Waals surface area contributed by atoms with E-state index in [4.69, 9.17) is 11.6 Å². The number of halogens is 1. The van der Waals surface area contributed by atoms with E-state index in [-0.39, 0.29) is 11.4 Å². The Balaban J connectivity index is 2.63. The number of aromatic nitrogens is 2. The number of nitrogens with one attached hydrogen (secondary N) is 1. The molecule has 1 N–H and O–H groups in total. The summed E-state index contributed by atoms with van der Waals surface area (Å²) in [5, 5.41) is 0.398. The molecule has 0 radical (unpaired) electrons. The average Bonchev–Trinajstić information content (AvgIpc) is 2.46. The molecule has 2 aromatic rings. The van der Waals surface area contributed by atoms with E-state index >= 15 is 0 Å². The smallest absolute Gasteiger partial charge is 0.300 e. The van der Waals surface area contributed by atoms with Crippen molar-refractivity contribution in [1.29, 1.82) is 0 Å². The third-order valence-corrected chi connectivity index (χ3v) is 5.52. The van der Waals surface area contributed by atoms with Gasteiger partial charge in [0.15, 0.2) is 4.90 Å². The summed E-state index contributed by atoms with van der Waals surface area (Å²) in [6.45, 7) is 3.19. The van der Waals surface area contributed by atoms with E-state index in [9.17, 15) is 18.0 Å². The van der Waals surface area contributed by atoms with Gasteiger partial charge in [-0.05, 0) is 31.5 Å². The summed E-state index contributed by atoms with van der Waals surface area (Å²) in [5.41, 5.74) is -0.385. The Labute approximate surface area is 138 Å². The molecule has 0 bridgehead atoms. The molecular weight excluding hydrogens is 342 g/mol. The first kappa shape index (κ1) is 17.3. The number of rotatable bonds is 3. The molecule has 124 valence electrons. The molecular formula is C14H16ClN3O4S. The number of hydrogen-bond donors (Lipinski definition) is 1. The van der Waals surface area contributed by atoms with Gasteiger partial charge in [-0.3, -0.25) is 18.7 Å². The lowest BCUT2D eigenvalue weighted by Crippen LogP contribution is -2.42.